The molecule has 0 aromatic heterocycles. The summed E-state index contributed by atoms with van der Waals surface area (Å²) >= 11 is 5.81. The average molecular weight is 502 g/mol. The van der Waals surface area contributed by atoms with Crippen LogP contribution in [-0.4, -0.2) is 35.2 Å². The van der Waals surface area contributed by atoms with E-state index in [0.29, 0.717) is 24.9 Å². The third-order valence-electron chi connectivity index (χ3n) is 6.54. The summed E-state index contributed by atoms with van der Waals surface area (Å²) in [5.41, 5.74) is 1.27. The predicted molar refractivity (Wildman–Crippen MR) is 129 cm³/mol. The average Bonchev–Trinajstić information content (AvgIpc) is 2.83. The Kier molecular flexibility index (Phi) is 7.50. The quantitative estimate of drug-likeness (QED) is 0.587. The third-order valence-corrected chi connectivity index (χ3v) is 6.83. The molecule has 35 heavy (non-hydrogen) atoms. The van der Waals surface area contributed by atoms with Crippen molar-refractivity contribution in [1.82, 2.24) is 10.2 Å². The fraction of sp³-hybridized carbons (Fsp3) is 0.346. The lowest BCUT2D eigenvalue weighted by Gasteiger charge is -2.34. The van der Waals surface area contributed by atoms with Crippen molar-refractivity contribution >= 4 is 40.6 Å². The van der Waals surface area contributed by atoms with Gasteiger partial charge in [-0.1, -0.05) is 43.1 Å². The number of rotatable bonds is 2. The Labute approximate surface area is 207 Å². The lowest BCUT2D eigenvalue weighted by Crippen LogP contribution is -2.50. The number of nitrogens with one attached hydrogen (secondary N) is 2. The molecular weight excluding hydrogens is 476 g/mol. The Morgan fingerprint density at radius 2 is 1.80 bits per heavy atom. The smallest absolute Gasteiger partial charge is 0.247 e. The SMILES string of the molecule is C[C@@H]1CCC[C@H](N2CCC(c3c(F)ccc(Cl)c3F)=CC2=O)C(=O)NCc2ccccc2NC1=O. The van der Waals surface area contributed by atoms with Crippen molar-refractivity contribution < 1.29 is 23.2 Å². The van der Waals surface area contributed by atoms with E-state index in [-0.39, 0.29) is 53.4 Å². The molecule has 0 bridgehead atoms. The van der Waals surface area contributed by atoms with Crippen LogP contribution in [0.15, 0.2) is 42.5 Å². The molecule has 6 nitrogen and oxygen atoms in total. The molecule has 0 saturated carbocycles. The second-order valence-corrected chi connectivity index (χ2v) is 9.29. The Hall–Kier alpha value is -3.26. The predicted octanol–water partition coefficient (Wildman–Crippen LogP) is 4.68. The number of para-hydroxylation sites is 1. The van der Waals surface area contributed by atoms with E-state index in [1.807, 2.05) is 25.1 Å². The van der Waals surface area contributed by atoms with E-state index in [1.54, 1.807) is 6.07 Å². The van der Waals surface area contributed by atoms with E-state index >= 15 is 0 Å². The van der Waals surface area contributed by atoms with Gasteiger partial charge in [0.25, 0.3) is 0 Å². The highest BCUT2D eigenvalue weighted by Gasteiger charge is 2.33. The minimum Gasteiger partial charge on any atom is -0.350 e. The number of benzene rings is 2. The topological polar surface area (TPSA) is 78.5 Å². The zero-order valence-corrected chi connectivity index (χ0v) is 20.0. The van der Waals surface area contributed by atoms with Gasteiger partial charge < -0.3 is 15.5 Å². The Morgan fingerprint density at radius 3 is 2.57 bits per heavy atom. The summed E-state index contributed by atoms with van der Waals surface area (Å²) in [7, 11) is 0. The maximum Gasteiger partial charge on any atom is 0.247 e. The maximum atomic E-state index is 14.5. The Balaban J connectivity index is 1.58. The van der Waals surface area contributed by atoms with Crippen molar-refractivity contribution in [3.63, 3.8) is 0 Å². The first-order valence-electron chi connectivity index (χ1n) is 11.6. The van der Waals surface area contributed by atoms with Crippen LogP contribution in [0.25, 0.3) is 5.57 Å². The van der Waals surface area contributed by atoms with Gasteiger partial charge in [-0.25, -0.2) is 8.78 Å². The van der Waals surface area contributed by atoms with Gasteiger partial charge in [0.05, 0.1) is 10.6 Å². The number of nitrogens with zero attached hydrogens (tertiary/aromatic N) is 1. The molecule has 0 spiro atoms. The monoisotopic (exact) mass is 501 g/mol. The number of anilines is 1. The van der Waals surface area contributed by atoms with Crippen LogP contribution >= 0.6 is 11.6 Å². The maximum absolute atomic E-state index is 14.5. The van der Waals surface area contributed by atoms with Crippen molar-refractivity contribution in [2.75, 3.05) is 11.9 Å². The number of carbonyl (C=O) groups excluding carboxylic acids is 3. The molecule has 0 radical (unpaired) electrons. The van der Waals surface area contributed by atoms with Crippen LogP contribution in [0.2, 0.25) is 5.02 Å². The standard InChI is InChI=1S/C26H26ClF2N3O3/c1-15-5-4-8-21(26(35)30-14-17-6-2-3-7-20(17)31-25(15)34)32-12-11-16(13-22(32)33)23-19(28)10-9-18(27)24(23)29/h2-3,6-7,9-10,13,15,21H,4-5,8,11-12,14H2,1H3,(H,30,35)(H,31,34)/t15-,21+/m1/s1. The summed E-state index contributed by atoms with van der Waals surface area (Å²) in [6.07, 6.45) is 2.80. The molecule has 0 fully saturated rings. The van der Waals surface area contributed by atoms with Gasteiger partial charge in [-0.2, -0.15) is 0 Å². The van der Waals surface area contributed by atoms with E-state index < -0.39 is 23.6 Å². The number of hydrogen-bond donors (Lipinski definition) is 2. The molecule has 4 rings (SSSR count). The lowest BCUT2D eigenvalue weighted by molar-refractivity contribution is -0.137. The van der Waals surface area contributed by atoms with E-state index in [1.165, 1.54) is 11.0 Å². The van der Waals surface area contributed by atoms with Crippen molar-refractivity contribution in [2.24, 2.45) is 5.92 Å². The lowest BCUT2D eigenvalue weighted by atomic mass is 9.94. The molecule has 0 saturated heterocycles. The first-order chi connectivity index (χ1) is 16.8. The molecule has 184 valence electrons. The summed E-state index contributed by atoms with van der Waals surface area (Å²) < 4.78 is 28.8. The second-order valence-electron chi connectivity index (χ2n) is 8.88. The molecule has 2 heterocycles. The van der Waals surface area contributed by atoms with Crippen molar-refractivity contribution in [2.45, 2.75) is 45.2 Å². The van der Waals surface area contributed by atoms with Crippen molar-refractivity contribution in [3.8, 4) is 0 Å². The van der Waals surface area contributed by atoms with E-state index in [9.17, 15) is 23.2 Å². The molecule has 3 amide bonds. The summed E-state index contributed by atoms with van der Waals surface area (Å²) in [6.45, 7) is 2.14. The highest BCUT2D eigenvalue weighted by molar-refractivity contribution is 6.31. The molecule has 2 aromatic carbocycles. The molecule has 9 heteroatoms. The van der Waals surface area contributed by atoms with E-state index in [0.717, 1.165) is 17.7 Å². The van der Waals surface area contributed by atoms with Crippen LogP contribution in [0.1, 0.15) is 43.7 Å². The summed E-state index contributed by atoms with van der Waals surface area (Å²) in [5.74, 6) is -2.90. The molecular formula is C26H26ClF2N3O3. The van der Waals surface area contributed by atoms with Crippen molar-refractivity contribution in [3.05, 3.63) is 70.3 Å². The normalized spacial score (nSPS) is 21.8. The number of amides is 3. The van der Waals surface area contributed by atoms with Gasteiger partial charge in [0.1, 0.15) is 11.9 Å². The van der Waals surface area contributed by atoms with Crippen LogP contribution < -0.4 is 10.6 Å². The first-order valence-corrected chi connectivity index (χ1v) is 12.0. The van der Waals surface area contributed by atoms with Crippen LogP contribution in [0, 0.1) is 17.6 Å². The summed E-state index contributed by atoms with van der Waals surface area (Å²) in [6, 6.07) is 8.65. The highest BCUT2D eigenvalue weighted by Crippen LogP contribution is 2.32. The van der Waals surface area contributed by atoms with Crippen LogP contribution in [0.4, 0.5) is 14.5 Å². The largest absolute Gasteiger partial charge is 0.350 e. The second kappa shape index (κ2) is 10.6. The molecule has 0 aliphatic carbocycles. The van der Waals surface area contributed by atoms with Gasteiger partial charge in [0, 0.05) is 30.8 Å². The minimum absolute atomic E-state index is 0.104. The van der Waals surface area contributed by atoms with Crippen LogP contribution in [0.3, 0.4) is 0 Å². The molecule has 2 atom stereocenters. The van der Waals surface area contributed by atoms with Gasteiger partial charge in [-0.05, 0) is 48.6 Å². The minimum atomic E-state index is -0.908. The van der Waals surface area contributed by atoms with Gasteiger partial charge in [0.2, 0.25) is 17.7 Å². The zero-order chi connectivity index (χ0) is 25.1. The van der Waals surface area contributed by atoms with Crippen LogP contribution in [-0.2, 0) is 20.9 Å². The molecule has 2 aliphatic rings. The number of carbonyl (C=O) groups is 3. The molecule has 0 unspecified atom stereocenters. The van der Waals surface area contributed by atoms with Crippen molar-refractivity contribution in [1.29, 1.82) is 0 Å². The summed E-state index contributed by atoms with van der Waals surface area (Å²) in [4.78, 5) is 40.3. The van der Waals surface area contributed by atoms with Gasteiger partial charge in [0.15, 0.2) is 5.82 Å². The third kappa shape index (κ3) is 5.37. The fourth-order valence-corrected chi connectivity index (χ4v) is 4.67. The van der Waals surface area contributed by atoms with Gasteiger partial charge in [-0.15, -0.1) is 0 Å². The number of halogens is 3. The highest BCUT2D eigenvalue weighted by atomic mass is 35.5. The molecule has 2 aliphatic heterocycles. The van der Waals surface area contributed by atoms with Gasteiger partial charge in [-0.3, -0.25) is 14.4 Å². The van der Waals surface area contributed by atoms with Gasteiger partial charge >= 0.3 is 0 Å². The molecule has 2 N–H and O–H groups in total. The molecule has 2 aromatic rings. The van der Waals surface area contributed by atoms with E-state index in [4.69, 9.17) is 11.6 Å². The number of fused-ring (bicyclic) bond motifs is 1. The zero-order valence-electron chi connectivity index (χ0n) is 19.2. The first kappa shape index (κ1) is 24.9. The fourth-order valence-electron chi connectivity index (χ4n) is 4.51. The number of hydrogen-bond acceptors (Lipinski definition) is 3. The van der Waals surface area contributed by atoms with Crippen LogP contribution in [0.5, 0.6) is 0 Å². The summed E-state index contributed by atoms with van der Waals surface area (Å²) in [5, 5.41) is 5.57. The Morgan fingerprint density at radius 1 is 1.03 bits per heavy atom. The van der Waals surface area contributed by atoms with E-state index in [2.05, 4.69) is 10.6 Å². The Bertz CT molecular complexity index is 1200.